The Bertz CT molecular complexity index is 1320. The van der Waals surface area contributed by atoms with Gasteiger partial charge < -0.3 is 20.3 Å². The molecule has 3 aromatic rings. The van der Waals surface area contributed by atoms with Gasteiger partial charge in [-0.15, -0.1) is 0 Å². The van der Waals surface area contributed by atoms with Crippen LogP contribution in [-0.4, -0.2) is 61.2 Å². The summed E-state index contributed by atoms with van der Waals surface area (Å²) < 4.78 is 33.5. The lowest BCUT2D eigenvalue weighted by Crippen LogP contribution is -2.51. The van der Waals surface area contributed by atoms with Crippen LogP contribution in [0, 0.1) is 5.92 Å². The summed E-state index contributed by atoms with van der Waals surface area (Å²) >= 11 is 5.89. The molecule has 0 aromatic heterocycles. The van der Waals surface area contributed by atoms with Crippen molar-refractivity contribution in [3.63, 3.8) is 0 Å². The molecule has 0 aliphatic carbocycles. The molecular weight excluding hydrogens is 528 g/mol. The zero-order valence-electron chi connectivity index (χ0n) is 21.5. The average Bonchev–Trinajstić information content (AvgIpc) is 2.88. The molecule has 3 rings (SSSR count). The summed E-state index contributed by atoms with van der Waals surface area (Å²) in [6.45, 7) is 3.68. The molecule has 38 heavy (non-hydrogen) atoms. The van der Waals surface area contributed by atoms with Gasteiger partial charge in [-0.25, -0.2) is 8.42 Å². The molecule has 1 amide bonds. The highest BCUT2D eigenvalue weighted by atomic mass is 35.5. The van der Waals surface area contributed by atoms with Crippen LogP contribution in [0.1, 0.15) is 29.8 Å². The van der Waals surface area contributed by atoms with E-state index in [2.05, 4.69) is 5.32 Å². The molecule has 0 bridgehead atoms. The molecule has 0 spiro atoms. The van der Waals surface area contributed by atoms with Crippen molar-refractivity contribution in [1.29, 1.82) is 0 Å². The van der Waals surface area contributed by atoms with Crippen molar-refractivity contribution in [3.05, 3.63) is 88.9 Å². The van der Waals surface area contributed by atoms with Gasteiger partial charge in [-0.1, -0.05) is 55.8 Å². The van der Waals surface area contributed by atoms with Gasteiger partial charge in [0.25, 0.3) is 5.91 Å². The second-order valence-electron chi connectivity index (χ2n) is 9.39. The lowest BCUT2D eigenvalue weighted by molar-refractivity contribution is 0.0774. The standard InChI is InChI=1S/C28H33ClN2O6S/c1-19(2)17-31(38(35,36)23-12-10-22(37-3)11-13-23)18-27(33)25(15-20-7-5-4-6-8-20)30-28(34)24-14-9-21(29)16-26(24)32/h4-14,16,19,25,27,32-33H,15,17-18H2,1-3H3,(H,30,34)/t25-,27+/m0/s1. The first kappa shape index (κ1) is 29.4. The quantitative estimate of drug-likeness (QED) is 0.307. The third kappa shape index (κ3) is 7.70. The zero-order valence-corrected chi connectivity index (χ0v) is 23.1. The van der Waals surface area contributed by atoms with Gasteiger partial charge in [-0.2, -0.15) is 4.31 Å². The average molecular weight is 561 g/mol. The molecule has 10 heteroatoms. The number of aromatic hydroxyl groups is 1. The molecule has 2 atom stereocenters. The van der Waals surface area contributed by atoms with E-state index in [1.54, 1.807) is 12.1 Å². The van der Waals surface area contributed by atoms with E-state index in [1.165, 1.54) is 41.7 Å². The maximum atomic E-state index is 13.5. The van der Waals surface area contributed by atoms with E-state index in [1.807, 2.05) is 44.2 Å². The van der Waals surface area contributed by atoms with Crippen molar-refractivity contribution in [2.24, 2.45) is 5.92 Å². The Morgan fingerprint density at radius 3 is 2.26 bits per heavy atom. The summed E-state index contributed by atoms with van der Waals surface area (Å²) in [6.07, 6.45) is -1.03. The molecule has 204 valence electrons. The number of aliphatic hydroxyl groups excluding tert-OH is 1. The predicted molar refractivity (Wildman–Crippen MR) is 147 cm³/mol. The highest BCUT2D eigenvalue weighted by Gasteiger charge is 2.31. The van der Waals surface area contributed by atoms with Crippen molar-refractivity contribution in [2.75, 3.05) is 20.2 Å². The number of methoxy groups -OCH3 is 1. The van der Waals surface area contributed by atoms with E-state index in [4.69, 9.17) is 16.3 Å². The molecule has 0 fully saturated rings. The minimum absolute atomic E-state index is 0.00967. The topological polar surface area (TPSA) is 116 Å². The predicted octanol–water partition coefficient (Wildman–Crippen LogP) is 4.10. The number of benzene rings is 3. The van der Waals surface area contributed by atoms with Gasteiger partial charge in [0.1, 0.15) is 11.5 Å². The Balaban J connectivity index is 1.90. The molecule has 0 aliphatic heterocycles. The summed E-state index contributed by atoms with van der Waals surface area (Å²) in [4.78, 5) is 13.1. The van der Waals surface area contributed by atoms with Gasteiger partial charge >= 0.3 is 0 Å². The molecule has 3 aromatic carbocycles. The van der Waals surface area contributed by atoms with E-state index < -0.39 is 28.1 Å². The molecular formula is C28H33ClN2O6S. The Kier molecular flexibility index (Phi) is 10.2. The zero-order chi connectivity index (χ0) is 27.9. The van der Waals surface area contributed by atoms with Crippen LogP contribution in [-0.2, 0) is 16.4 Å². The largest absolute Gasteiger partial charge is 0.507 e. The number of rotatable bonds is 12. The number of halogens is 1. The second kappa shape index (κ2) is 13.1. The van der Waals surface area contributed by atoms with Crippen LogP contribution in [0.15, 0.2) is 77.7 Å². The van der Waals surface area contributed by atoms with Crippen LogP contribution in [0.4, 0.5) is 0 Å². The number of nitrogens with one attached hydrogen (secondary N) is 1. The lowest BCUT2D eigenvalue weighted by atomic mass is 10.00. The Morgan fingerprint density at radius 2 is 1.68 bits per heavy atom. The first-order valence-corrected chi connectivity index (χ1v) is 14.0. The number of carbonyl (C=O) groups is 1. The van der Waals surface area contributed by atoms with Crippen LogP contribution < -0.4 is 10.1 Å². The fraction of sp³-hybridized carbons (Fsp3) is 0.321. The van der Waals surface area contributed by atoms with Crippen molar-refractivity contribution in [1.82, 2.24) is 9.62 Å². The Morgan fingerprint density at radius 1 is 1.03 bits per heavy atom. The van der Waals surface area contributed by atoms with Crippen LogP contribution in [0.3, 0.4) is 0 Å². The number of amides is 1. The number of sulfonamides is 1. The number of hydrogen-bond acceptors (Lipinski definition) is 6. The van der Waals surface area contributed by atoms with Gasteiger partial charge in [0, 0.05) is 18.1 Å². The molecule has 0 saturated carbocycles. The summed E-state index contributed by atoms with van der Waals surface area (Å²) in [5, 5.41) is 24.6. The fourth-order valence-electron chi connectivity index (χ4n) is 4.00. The van der Waals surface area contributed by atoms with E-state index in [-0.39, 0.29) is 46.7 Å². The second-order valence-corrected chi connectivity index (χ2v) is 11.8. The Labute approximate surface area is 228 Å². The first-order chi connectivity index (χ1) is 18.0. The van der Waals surface area contributed by atoms with E-state index >= 15 is 0 Å². The van der Waals surface area contributed by atoms with Gasteiger partial charge in [0.15, 0.2) is 0 Å². The van der Waals surface area contributed by atoms with Crippen LogP contribution >= 0.6 is 11.6 Å². The monoisotopic (exact) mass is 560 g/mol. The smallest absolute Gasteiger partial charge is 0.255 e. The maximum absolute atomic E-state index is 13.5. The van der Waals surface area contributed by atoms with Crippen LogP contribution in [0.25, 0.3) is 0 Å². The van der Waals surface area contributed by atoms with E-state index in [9.17, 15) is 23.4 Å². The molecule has 0 saturated heterocycles. The molecule has 8 nitrogen and oxygen atoms in total. The van der Waals surface area contributed by atoms with Gasteiger partial charge in [-0.3, -0.25) is 4.79 Å². The summed E-state index contributed by atoms with van der Waals surface area (Å²) in [5.41, 5.74) is 0.829. The minimum Gasteiger partial charge on any atom is -0.507 e. The van der Waals surface area contributed by atoms with Crippen LogP contribution in [0.2, 0.25) is 5.02 Å². The van der Waals surface area contributed by atoms with E-state index in [0.717, 1.165) is 5.56 Å². The normalized spacial score (nSPS) is 13.3. The van der Waals surface area contributed by atoms with Gasteiger partial charge in [0.05, 0.1) is 29.7 Å². The van der Waals surface area contributed by atoms with Crippen molar-refractivity contribution < 1.29 is 28.2 Å². The molecule has 0 unspecified atom stereocenters. The van der Waals surface area contributed by atoms with Crippen molar-refractivity contribution >= 4 is 27.5 Å². The molecule has 0 radical (unpaired) electrons. The van der Waals surface area contributed by atoms with Gasteiger partial charge in [-0.05, 0) is 60.4 Å². The highest BCUT2D eigenvalue weighted by Crippen LogP contribution is 2.24. The molecule has 0 aliphatic rings. The first-order valence-electron chi connectivity index (χ1n) is 12.2. The molecule has 3 N–H and O–H groups in total. The summed E-state index contributed by atoms with van der Waals surface area (Å²) in [7, 11) is -2.47. The number of phenols is 1. The number of hydrogen-bond donors (Lipinski definition) is 3. The summed E-state index contributed by atoms with van der Waals surface area (Å²) in [6, 6.07) is 18.5. The van der Waals surface area contributed by atoms with Gasteiger partial charge in [0.2, 0.25) is 10.0 Å². The van der Waals surface area contributed by atoms with Crippen molar-refractivity contribution in [3.8, 4) is 11.5 Å². The van der Waals surface area contributed by atoms with Crippen LogP contribution in [0.5, 0.6) is 11.5 Å². The number of aliphatic hydroxyl groups is 1. The lowest BCUT2D eigenvalue weighted by Gasteiger charge is -2.31. The fourth-order valence-corrected chi connectivity index (χ4v) is 5.79. The van der Waals surface area contributed by atoms with E-state index in [0.29, 0.717) is 5.75 Å². The number of phenolic OH excluding ortho intramolecular Hbond substituents is 1. The number of nitrogens with zero attached hydrogens (tertiary/aromatic N) is 1. The number of ether oxygens (including phenoxy) is 1. The SMILES string of the molecule is COc1ccc(S(=O)(=O)N(CC(C)C)C[C@@H](O)[C@H](Cc2ccccc2)NC(=O)c2ccc(Cl)cc2O)cc1. The third-order valence-corrected chi connectivity index (χ3v) is 8.02. The Hall–Kier alpha value is -3.11. The highest BCUT2D eigenvalue weighted by molar-refractivity contribution is 7.89. The molecule has 0 heterocycles. The third-order valence-electron chi connectivity index (χ3n) is 5.94. The summed E-state index contributed by atoms with van der Waals surface area (Å²) in [5.74, 6) is -0.419. The minimum atomic E-state index is -3.96. The van der Waals surface area contributed by atoms with Crippen molar-refractivity contribution in [2.45, 2.75) is 37.3 Å². The maximum Gasteiger partial charge on any atom is 0.255 e. The number of carbonyl (C=O) groups excluding carboxylic acids is 1.